The number of benzene rings is 4. The summed E-state index contributed by atoms with van der Waals surface area (Å²) < 4.78 is 39.4. The van der Waals surface area contributed by atoms with Crippen LogP contribution >= 0.6 is 11.6 Å². The molecule has 1 N–H and O–H groups in total. The van der Waals surface area contributed by atoms with E-state index < -0.39 is 10.0 Å². The van der Waals surface area contributed by atoms with E-state index in [1.807, 2.05) is 6.92 Å². The fraction of sp³-hybridized carbons (Fsp3) is 0.138. The lowest BCUT2D eigenvalue weighted by Gasteiger charge is -2.25. The van der Waals surface area contributed by atoms with Crippen LogP contribution in [0.5, 0.6) is 11.5 Å². The number of methoxy groups -OCH3 is 1. The van der Waals surface area contributed by atoms with Crippen molar-refractivity contribution in [3.05, 3.63) is 113 Å². The quantitative estimate of drug-likeness (QED) is 0.259. The monoisotopic (exact) mass is 550 g/mol. The molecule has 0 aliphatic heterocycles. The summed E-state index contributed by atoms with van der Waals surface area (Å²) in [5, 5.41) is 3.32. The molecule has 0 atom stereocenters. The van der Waals surface area contributed by atoms with Gasteiger partial charge in [-0.15, -0.1) is 0 Å². The van der Waals surface area contributed by atoms with Crippen LogP contribution in [0.2, 0.25) is 5.02 Å². The van der Waals surface area contributed by atoms with Gasteiger partial charge >= 0.3 is 0 Å². The third kappa shape index (κ3) is 6.85. The lowest BCUT2D eigenvalue weighted by molar-refractivity contribution is -0.118. The SMILES string of the molecule is COc1cccc(NC(=O)COc2ccc(N(Cc3ccc(Cl)cc3)S(=O)(=O)c3ccc(C)cc3)cc2)c1. The molecule has 0 saturated carbocycles. The molecular weight excluding hydrogens is 524 g/mol. The molecule has 0 heterocycles. The molecule has 0 aliphatic carbocycles. The summed E-state index contributed by atoms with van der Waals surface area (Å²) in [7, 11) is -2.32. The highest BCUT2D eigenvalue weighted by Gasteiger charge is 2.25. The van der Waals surface area contributed by atoms with Gasteiger partial charge in [0.15, 0.2) is 6.61 Å². The molecule has 196 valence electrons. The van der Waals surface area contributed by atoms with Gasteiger partial charge in [-0.25, -0.2) is 8.42 Å². The predicted octanol–water partition coefficient (Wildman–Crippen LogP) is 6.07. The highest BCUT2D eigenvalue weighted by atomic mass is 35.5. The Bertz CT molecular complexity index is 1490. The molecule has 0 unspecified atom stereocenters. The topological polar surface area (TPSA) is 84.9 Å². The van der Waals surface area contributed by atoms with Crippen molar-refractivity contribution in [2.24, 2.45) is 0 Å². The molecule has 0 saturated heterocycles. The van der Waals surface area contributed by atoms with Crippen molar-refractivity contribution in [1.29, 1.82) is 0 Å². The third-order valence-electron chi connectivity index (χ3n) is 5.70. The van der Waals surface area contributed by atoms with Crippen molar-refractivity contribution in [2.45, 2.75) is 18.4 Å². The van der Waals surface area contributed by atoms with Crippen LogP contribution in [-0.4, -0.2) is 28.0 Å². The number of hydrogen-bond acceptors (Lipinski definition) is 5. The average Bonchev–Trinajstić information content (AvgIpc) is 2.92. The second-order valence-electron chi connectivity index (χ2n) is 8.51. The van der Waals surface area contributed by atoms with Crippen molar-refractivity contribution >= 4 is 38.9 Å². The van der Waals surface area contributed by atoms with E-state index in [0.717, 1.165) is 11.1 Å². The molecule has 0 aromatic heterocycles. The van der Waals surface area contributed by atoms with Gasteiger partial charge in [-0.3, -0.25) is 9.10 Å². The van der Waals surface area contributed by atoms with Gasteiger partial charge in [0, 0.05) is 16.8 Å². The molecule has 4 aromatic rings. The second kappa shape index (κ2) is 12.0. The lowest BCUT2D eigenvalue weighted by Crippen LogP contribution is -2.30. The summed E-state index contributed by atoms with van der Waals surface area (Å²) in [4.78, 5) is 12.5. The summed E-state index contributed by atoms with van der Waals surface area (Å²) in [5.74, 6) is 0.713. The van der Waals surface area contributed by atoms with Crippen molar-refractivity contribution in [3.63, 3.8) is 0 Å². The minimum absolute atomic E-state index is 0.108. The Morgan fingerprint density at radius 3 is 2.24 bits per heavy atom. The molecule has 0 radical (unpaired) electrons. The maximum absolute atomic E-state index is 13.6. The van der Waals surface area contributed by atoms with Gasteiger partial charge < -0.3 is 14.8 Å². The lowest BCUT2D eigenvalue weighted by atomic mass is 10.2. The van der Waals surface area contributed by atoms with E-state index in [9.17, 15) is 13.2 Å². The first kappa shape index (κ1) is 27.0. The summed E-state index contributed by atoms with van der Waals surface area (Å²) in [6, 6.07) is 27.3. The van der Waals surface area contributed by atoms with E-state index >= 15 is 0 Å². The zero-order valence-corrected chi connectivity index (χ0v) is 22.5. The van der Waals surface area contributed by atoms with Crippen molar-refractivity contribution < 1.29 is 22.7 Å². The van der Waals surface area contributed by atoms with Crippen LogP contribution in [0.1, 0.15) is 11.1 Å². The van der Waals surface area contributed by atoms with Crippen LogP contribution in [-0.2, 0) is 21.4 Å². The fourth-order valence-corrected chi connectivity index (χ4v) is 5.24. The van der Waals surface area contributed by atoms with Crippen LogP contribution in [0.15, 0.2) is 102 Å². The summed E-state index contributed by atoms with van der Waals surface area (Å²) >= 11 is 6.01. The molecule has 38 heavy (non-hydrogen) atoms. The first-order valence-electron chi connectivity index (χ1n) is 11.8. The molecule has 7 nitrogen and oxygen atoms in total. The summed E-state index contributed by atoms with van der Waals surface area (Å²) in [6.07, 6.45) is 0. The van der Waals surface area contributed by atoms with Crippen LogP contribution in [0.4, 0.5) is 11.4 Å². The first-order valence-corrected chi connectivity index (χ1v) is 13.6. The van der Waals surface area contributed by atoms with E-state index in [-0.39, 0.29) is 24.0 Å². The fourth-order valence-electron chi connectivity index (χ4n) is 3.66. The molecule has 4 rings (SSSR count). The Hall–Kier alpha value is -4.01. The standard InChI is InChI=1S/C29H27ClN2O5S/c1-21-6-16-28(17-7-21)38(34,35)32(19-22-8-10-23(30)11-9-22)25-12-14-26(15-13-25)37-20-29(33)31-24-4-3-5-27(18-24)36-2/h3-18H,19-20H2,1-2H3,(H,31,33). The van der Waals surface area contributed by atoms with Crippen molar-refractivity contribution in [1.82, 2.24) is 0 Å². The minimum atomic E-state index is -3.87. The molecule has 9 heteroatoms. The molecule has 1 amide bonds. The van der Waals surface area contributed by atoms with Gasteiger partial charge in [0.2, 0.25) is 0 Å². The van der Waals surface area contributed by atoms with E-state index in [0.29, 0.717) is 27.9 Å². The molecule has 0 bridgehead atoms. The van der Waals surface area contributed by atoms with Gasteiger partial charge in [0.1, 0.15) is 11.5 Å². The Morgan fingerprint density at radius 1 is 0.895 bits per heavy atom. The molecule has 0 fully saturated rings. The number of anilines is 2. The van der Waals surface area contributed by atoms with E-state index in [2.05, 4.69) is 5.32 Å². The second-order valence-corrected chi connectivity index (χ2v) is 10.8. The number of aryl methyl sites for hydroxylation is 1. The highest BCUT2D eigenvalue weighted by molar-refractivity contribution is 7.92. The van der Waals surface area contributed by atoms with Gasteiger partial charge in [-0.05, 0) is 73.2 Å². The molecule has 4 aromatic carbocycles. The number of nitrogens with zero attached hydrogens (tertiary/aromatic N) is 1. The number of hydrogen-bond donors (Lipinski definition) is 1. The van der Waals surface area contributed by atoms with Crippen LogP contribution < -0.4 is 19.1 Å². The maximum atomic E-state index is 13.6. The van der Waals surface area contributed by atoms with Gasteiger partial charge in [-0.1, -0.05) is 47.5 Å². The van der Waals surface area contributed by atoms with Crippen LogP contribution in [0.25, 0.3) is 0 Å². The van der Waals surface area contributed by atoms with Crippen LogP contribution in [0.3, 0.4) is 0 Å². The largest absolute Gasteiger partial charge is 0.497 e. The molecule has 0 aliphatic rings. The van der Waals surface area contributed by atoms with Gasteiger partial charge in [0.25, 0.3) is 15.9 Å². The maximum Gasteiger partial charge on any atom is 0.264 e. The van der Waals surface area contributed by atoms with Crippen LogP contribution in [0, 0.1) is 6.92 Å². The number of sulfonamides is 1. The normalized spacial score (nSPS) is 11.0. The number of carbonyl (C=O) groups excluding carboxylic acids is 1. The average molecular weight is 551 g/mol. The number of nitrogens with one attached hydrogen (secondary N) is 1. The zero-order valence-electron chi connectivity index (χ0n) is 20.9. The first-order chi connectivity index (χ1) is 18.2. The number of amides is 1. The van der Waals surface area contributed by atoms with Crippen molar-refractivity contribution in [2.75, 3.05) is 23.3 Å². The molecule has 0 spiro atoms. The Kier molecular flexibility index (Phi) is 8.55. The van der Waals surface area contributed by atoms with E-state index in [1.165, 1.54) is 4.31 Å². The number of ether oxygens (including phenoxy) is 2. The number of rotatable bonds is 10. The third-order valence-corrected chi connectivity index (χ3v) is 7.74. The van der Waals surface area contributed by atoms with E-state index in [4.69, 9.17) is 21.1 Å². The number of halogens is 1. The Morgan fingerprint density at radius 2 is 1.58 bits per heavy atom. The zero-order chi connectivity index (χ0) is 27.1. The van der Waals surface area contributed by atoms with Crippen molar-refractivity contribution in [3.8, 4) is 11.5 Å². The predicted molar refractivity (Wildman–Crippen MR) is 150 cm³/mol. The molecular formula is C29H27ClN2O5S. The summed E-state index contributed by atoms with van der Waals surface area (Å²) in [5.41, 5.74) is 2.78. The minimum Gasteiger partial charge on any atom is -0.497 e. The number of carbonyl (C=O) groups is 1. The highest BCUT2D eigenvalue weighted by Crippen LogP contribution is 2.28. The summed E-state index contributed by atoms with van der Waals surface area (Å²) in [6.45, 7) is 1.79. The smallest absolute Gasteiger partial charge is 0.264 e. The van der Waals surface area contributed by atoms with Gasteiger partial charge in [0.05, 0.1) is 24.2 Å². The van der Waals surface area contributed by atoms with Gasteiger partial charge in [-0.2, -0.15) is 0 Å². The Labute approximate surface area is 227 Å². The van der Waals surface area contributed by atoms with E-state index in [1.54, 1.807) is 104 Å². The Balaban J connectivity index is 1.51.